The van der Waals surface area contributed by atoms with Gasteiger partial charge < -0.3 is 15.1 Å². The van der Waals surface area contributed by atoms with Gasteiger partial charge in [-0.25, -0.2) is 0 Å². The standard InChI is InChI=1S/C12H16F3NO2/c1-16(5-2-6-17)11-4-3-9(8-18)7-10(11)12(13,14)15/h3-4,7,17-18H,2,5-6,8H2,1H3. The first-order chi connectivity index (χ1) is 8.40. The zero-order valence-electron chi connectivity index (χ0n) is 10.0. The van der Waals surface area contributed by atoms with Gasteiger partial charge in [-0.15, -0.1) is 0 Å². The van der Waals surface area contributed by atoms with E-state index in [2.05, 4.69) is 0 Å². The van der Waals surface area contributed by atoms with Crippen molar-refractivity contribution in [3.8, 4) is 0 Å². The van der Waals surface area contributed by atoms with Gasteiger partial charge in [-0.2, -0.15) is 13.2 Å². The Bertz CT molecular complexity index is 393. The average molecular weight is 263 g/mol. The van der Waals surface area contributed by atoms with Gasteiger partial charge in [-0.3, -0.25) is 0 Å². The van der Waals surface area contributed by atoms with Gasteiger partial charge in [0.05, 0.1) is 12.2 Å². The lowest BCUT2D eigenvalue weighted by Gasteiger charge is -2.23. The fourth-order valence-corrected chi connectivity index (χ4v) is 1.67. The minimum absolute atomic E-state index is 0.0492. The SMILES string of the molecule is CN(CCCO)c1ccc(CO)cc1C(F)(F)F. The van der Waals surface area contributed by atoms with Crippen LogP contribution >= 0.6 is 0 Å². The lowest BCUT2D eigenvalue weighted by atomic mass is 10.1. The summed E-state index contributed by atoms with van der Waals surface area (Å²) in [6.45, 7) is -0.165. The Morgan fingerprint density at radius 3 is 2.39 bits per heavy atom. The first-order valence-corrected chi connectivity index (χ1v) is 5.53. The van der Waals surface area contributed by atoms with Gasteiger partial charge in [-0.05, 0) is 24.1 Å². The lowest BCUT2D eigenvalue weighted by Crippen LogP contribution is -2.23. The summed E-state index contributed by atoms with van der Waals surface area (Å²) in [4.78, 5) is 1.44. The van der Waals surface area contributed by atoms with Crippen LogP contribution in [-0.4, -0.2) is 30.4 Å². The minimum atomic E-state index is -4.46. The maximum atomic E-state index is 12.9. The van der Waals surface area contributed by atoms with Crippen LogP contribution in [0.2, 0.25) is 0 Å². The van der Waals surface area contributed by atoms with Crippen molar-refractivity contribution in [3.63, 3.8) is 0 Å². The number of hydrogen-bond donors (Lipinski definition) is 2. The molecule has 0 aliphatic heterocycles. The third-order valence-electron chi connectivity index (χ3n) is 2.61. The summed E-state index contributed by atoms with van der Waals surface area (Å²) in [5.41, 5.74) is -0.496. The first-order valence-electron chi connectivity index (χ1n) is 5.53. The molecule has 0 aromatic heterocycles. The molecule has 0 unspecified atom stereocenters. The number of aliphatic hydroxyl groups is 2. The number of nitrogens with zero attached hydrogens (tertiary/aromatic N) is 1. The number of hydrogen-bond acceptors (Lipinski definition) is 3. The molecule has 0 spiro atoms. The predicted molar refractivity (Wildman–Crippen MR) is 62.3 cm³/mol. The quantitative estimate of drug-likeness (QED) is 0.854. The molecule has 6 heteroatoms. The van der Waals surface area contributed by atoms with Crippen LogP contribution in [0.5, 0.6) is 0 Å². The molecule has 18 heavy (non-hydrogen) atoms. The third-order valence-corrected chi connectivity index (χ3v) is 2.61. The molecule has 0 aliphatic carbocycles. The molecule has 1 aromatic carbocycles. The van der Waals surface area contributed by atoms with Gasteiger partial charge >= 0.3 is 6.18 Å². The molecular formula is C12H16F3NO2. The van der Waals surface area contributed by atoms with Crippen LogP contribution in [0, 0.1) is 0 Å². The van der Waals surface area contributed by atoms with E-state index in [-0.39, 0.29) is 17.9 Å². The number of halogens is 3. The lowest BCUT2D eigenvalue weighted by molar-refractivity contribution is -0.137. The summed E-state index contributed by atoms with van der Waals surface area (Å²) in [6.07, 6.45) is -4.07. The highest BCUT2D eigenvalue weighted by Gasteiger charge is 2.34. The van der Waals surface area contributed by atoms with E-state index in [4.69, 9.17) is 10.2 Å². The molecule has 0 saturated carbocycles. The summed E-state index contributed by atoms with van der Waals surface area (Å²) in [6, 6.07) is 3.75. The molecule has 0 radical (unpaired) electrons. The third kappa shape index (κ3) is 3.61. The highest BCUT2D eigenvalue weighted by atomic mass is 19.4. The Morgan fingerprint density at radius 2 is 1.89 bits per heavy atom. The van der Waals surface area contributed by atoms with Crippen LogP contribution in [-0.2, 0) is 12.8 Å². The van der Waals surface area contributed by atoms with Gasteiger partial charge in [0.1, 0.15) is 0 Å². The molecule has 0 heterocycles. The number of anilines is 1. The van der Waals surface area contributed by atoms with Crippen LogP contribution in [0.1, 0.15) is 17.5 Å². The topological polar surface area (TPSA) is 43.7 Å². The molecule has 0 bridgehead atoms. The van der Waals surface area contributed by atoms with Gasteiger partial charge in [0.15, 0.2) is 0 Å². The average Bonchev–Trinajstić information content (AvgIpc) is 2.34. The van der Waals surface area contributed by atoms with Crippen LogP contribution in [0.25, 0.3) is 0 Å². The van der Waals surface area contributed by atoms with Crippen molar-refractivity contribution in [2.75, 3.05) is 25.1 Å². The normalized spacial score (nSPS) is 11.7. The van der Waals surface area contributed by atoms with Gasteiger partial charge in [-0.1, -0.05) is 6.07 Å². The van der Waals surface area contributed by atoms with E-state index in [9.17, 15) is 13.2 Å². The highest BCUT2D eigenvalue weighted by molar-refractivity contribution is 5.55. The first kappa shape index (κ1) is 14.8. The summed E-state index contributed by atoms with van der Waals surface area (Å²) >= 11 is 0. The molecule has 0 amide bonds. The molecule has 0 aliphatic rings. The summed E-state index contributed by atoms with van der Waals surface area (Å²) in [5.74, 6) is 0. The molecule has 0 fully saturated rings. The van der Waals surface area contributed by atoms with Crippen molar-refractivity contribution in [2.45, 2.75) is 19.2 Å². The predicted octanol–water partition coefficient (Wildman–Crippen LogP) is 2.02. The van der Waals surface area contributed by atoms with Gasteiger partial charge in [0, 0.05) is 25.9 Å². The van der Waals surface area contributed by atoms with E-state index in [0.717, 1.165) is 6.07 Å². The maximum Gasteiger partial charge on any atom is 0.418 e. The Labute approximate surface area is 103 Å². The summed E-state index contributed by atoms with van der Waals surface area (Å²) < 4.78 is 38.7. The Hall–Kier alpha value is -1.27. The van der Waals surface area contributed by atoms with Crippen molar-refractivity contribution in [1.82, 2.24) is 0 Å². The zero-order valence-corrected chi connectivity index (χ0v) is 10.0. The molecule has 1 rings (SSSR count). The zero-order chi connectivity index (χ0) is 13.8. The second-order valence-corrected chi connectivity index (χ2v) is 4.01. The van der Waals surface area contributed by atoms with Gasteiger partial charge in [0.25, 0.3) is 0 Å². The van der Waals surface area contributed by atoms with Crippen molar-refractivity contribution >= 4 is 5.69 Å². The van der Waals surface area contributed by atoms with Crippen molar-refractivity contribution in [2.24, 2.45) is 0 Å². The molecule has 0 saturated heterocycles. The number of benzene rings is 1. The molecular weight excluding hydrogens is 247 g/mol. The Kier molecular flexibility index (Phi) is 4.98. The fourth-order valence-electron chi connectivity index (χ4n) is 1.67. The van der Waals surface area contributed by atoms with E-state index in [1.165, 1.54) is 17.0 Å². The Morgan fingerprint density at radius 1 is 1.22 bits per heavy atom. The summed E-state index contributed by atoms with van der Waals surface area (Å²) in [7, 11) is 1.54. The molecule has 102 valence electrons. The van der Waals surface area contributed by atoms with Crippen LogP contribution < -0.4 is 4.90 Å². The summed E-state index contributed by atoms with van der Waals surface area (Å²) in [5, 5.41) is 17.6. The number of alkyl halides is 3. The van der Waals surface area contributed by atoms with E-state index < -0.39 is 18.3 Å². The highest BCUT2D eigenvalue weighted by Crippen LogP contribution is 2.37. The molecule has 0 atom stereocenters. The van der Waals surface area contributed by atoms with Crippen LogP contribution in [0.3, 0.4) is 0 Å². The van der Waals surface area contributed by atoms with E-state index >= 15 is 0 Å². The van der Waals surface area contributed by atoms with E-state index in [1.54, 1.807) is 7.05 Å². The second-order valence-electron chi connectivity index (χ2n) is 4.01. The fraction of sp³-hybridized carbons (Fsp3) is 0.500. The van der Waals surface area contributed by atoms with Crippen LogP contribution in [0.4, 0.5) is 18.9 Å². The largest absolute Gasteiger partial charge is 0.418 e. The molecule has 2 N–H and O–H groups in total. The van der Waals surface area contributed by atoms with Gasteiger partial charge in [0.2, 0.25) is 0 Å². The van der Waals surface area contributed by atoms with Crippen LogP contribution in [0.15, 0.2) is 18.2 Å². The Balaban J connectivity index is 3.10. The van der Waals surface area contributed by atoms with E-state index in [0.29, 0.717) is 13.0 Å². The maximum absolute atomic E-state index is 12.9. The van der Waals surface area contributed by atoms with Crippen molar-refractivity contribution in [1.29, 1.82) is 0 Å². The molecule has 3 nitrogen and oxygen atoms in total. The molecule has 1 aromatic rings. The smallest absolute Gasteiger partial charge is 0.396 e. The number of rotatable bonds is 5. The number of aliphatic hydroxyl groups excluding tert-OH is 2. The second kappa shape index (κ2) is 6.06. The minimum Gasteiger partial charge on any atom is -0.396 e. The van der Waals surface area contributed by atoms with Crippen molar-refractivity contribution < 1.29 is 23.4 Å². The van der Waals surface area contributed by atoms with Crippen molar-refractivity contribution in [3.05, 3.63) is 29.3 Å². The van der Waals surface area contributed by atoms with E-state index in [1.807, 2.05) is 0 Å². The monoisotopic (exact) mass is 263 g/mol.